The van der Waals surface area contributed by atoms with E-state index >= 15 is 0 Å². The van der Waals surface area contributed by atoms with Crippen molar-refractivity contribution in [3.05, 3.63) is 17.5 Å². The Hall–Kier alpha value is -1.25. The van der Waals surface area contributed by atoms with Crippen molar-refractivity contribution in [2.75, 3.05) is 5.73 Å². The fourth-order valence-corrected chi connectivity index (χ4v) is 1.83. The number of aromatic nitrogens is 2. The molecule has 3 heteroatoms. The second kappa shape index (κ2) is 2.91. The summed E-state index contributed by atoms with van der Waals surface area (Å²) in [4.78, 5) is 4.36. The van der Waals surface area contributed by atoms with Crippen LogP contribution in [0.25, 0.3) is 6.08 Å². The molecule has 0 spiro atoms. The molecule has 1 aliphatic rings. The van der Waals surface area contributed by atoms with Crippen LogP contribution in [0.5, 0.6) is 0 Å². The van der Waals surface area contributed by atoms with E-state index in [1.54, 1.807) is 0 Å². The van der Waals surface area contributed by atoms with Gasteiger partial charge in [0.2, 0.25) is 5.95 Å². The van der Waals surface area contributed by atoms with Gasteiger partial charge in [0, 0.05) is 6.04 Å². The van der Waals surface area contributed by atoms with Crippen LogP contribution in [-0.4, -0.2) is 9.55 Å². The Morgan fingerprint density at radius 3 is 3.00 bits per heavy atom. The van der Waals surface area contributed by atoms with E-state index in [4.69, 9.17) is 5.73 Å². The van der Waals surface area contributed by atoms with Crippen molar-refractivity contribution in [3.8, 4) is 0 Å². The van der Waals surface area contributed by atoms with Gasteiger partial charge in [-0.25, -0.2) is 4.98 Å². The van der Waals surface area contributed by atoms with Gasteiger partial charge in [0.05, 0.1) is 11.4 Å². The van der Waals surface area contributed by atoms with E-state index in [1.165, 1.54) is 5.69 Å². The van der Waals surface area contributed by atoms with Crippen molar-refractivity contribution >= 4 is 12.0 Å². The Kier molecular flexibility index (Phi) is 1.87. The molecule has 1 aliphatic carbocycles. The third-order valence-corrected chi connectivity index (χ3v) is 2.39. The fraction of sp³-hybridized carbons (Fsp3) is 0.500. The number of nitrogens with zero attached hydrogens (tertiary/aromatic N) is 2. The van der Waals surface area contributed by atoms with Crippen molar-refractivity contribution in [2.45, 2.75) is 32.7 Å². The van der Waals surface area contributed by atoms with E-state index in [-0.39, 0.29) is 0 Å². The highest BCUT2D eigenvalue weighted by Gasteiger charge is 2.16. The van der Waals surface area contributed by atoms with E-state index in [1.807, 2.05) is 0 Å². The average Bonchev–Trinajstić information content (AvgIpc) is 2.39. The number of rotatable bonds is 1. The van der Waals surface area contributed by atoms with Crippen LogP contribution in [0.15, 0.2) is 6.08 Å². The molecule has 3 nitrogen and oxygen atoms in total. The van der Waals surface area contributed by atoms with E-state index in [9.17, 15) is 0 Å². The molecular formula is C10H15N3. The lowest BCUT2D eigenvalue weighted by atomic mass is 10.1. The summed E-state index contributed by atoms with van der Waals surface area (Å²) < 4.78 is 2.09. The van der Waals surface area contributed by atoms with E-state index < -0.39 is 0 Å². The molecule has 0 radical (unpaired) electrons. The summed E-state index contributed by atoms with van der Waals surface area (Å²) >= 11 is 0. The molecule has 0 saturated carbocycles. The maximum absolute atomic E-state index is 5.84. The summed E-state index contributed by atoms with van der Waals surface area (Å²) in [5.74, 6) is 0.645. The number of imidazole rings is 1. The third-order valence-electron chi connectivity index (χ3n) is 2.39. The van der Waals surface area contributed by atoms with Crippen molar-refractivity contribution in [1.82, 2.24) is 9.55 Å². The number of aryl methyl sites for hydroxylation is 1. The molecule has 0 aromatic carbocycles. The molecule has 0 bridgehead atoms. The summed E-state index contributed by atoms with van der Waals surface area (Å²) in [5, 5.41) is 0. The Bertz CT molecular complexity index is 347. The third kappa shape index (κ3) is 1.24. The van der Waals surface area contributed by atoms with Gasteiger partial charge in [0.15, 0.2) is 0 Å². The lowest BCUT2D eigenvalue weighted by Gasteiger charge is -2.13. The first kappa shape index (κ1) is 8.35. The van der Waals surface area contributed by atoms with Crippen molar-refractivity contribution in [2.24, 2.45) is 0 Å². The number of fused-ring (bicyclic) bond motifs is 1. The smallest absolute Gasteiger partial charge is 0.201 e. The molecule has 1 heterocycles. The van der Waals surface area contributed by atoms with Crippen LogP contribution in [0.2, 0.25) is 0 Å². The van der Waals surface area contributed by atoms with Crippen LogP contribution in [0.3, 0.4) is 0 Å². The first-order valence-electron chi connectivity index (χ1n) is 4.73. The Labute approximate surface area is 78.3 Å². The molecule has 1 aromatic heterocycles. The molecule has 70 valence electrons. The zero-order valence-corrected chi connectivity index (χ0v) is 8.12. The van der Waals surface area contributed by atoms with E-state index in [0.717, 1.165) is 18.5 Å². The minimum absolute atomic E-state index is 0.388. The van der Waals surface area contributed by atoms with Crippen LogP contribution in [0.4, 0.5) is 5.95 Å². The highest BCUT2D eigenvalue weighted by Crippen LogP contribution is 2.24. The van der Waals surface area contributed by atoms with Crippen LogP contribution >= 0.6 is 0 Å². The molecule has 0 unspecified atom stereocenters. The second-order valence-corrected chi connectivity index (χ2v) is 3.71. The molecule has 2 rings (SSSR count). The van der Waals surface area contributed by atoms with Gasteiger partial charge in [-0.15, -0.1) is 0 Å². The van der Waals surface area contributed by atoms with Gasteiger partial charge >= 0.3 is 0 Å². The molecule has 0 saturated heterocycles. The lowest BCUT2D eigenvalue weighted by Crippen LogP contribution is -2.08. The summed E-state index contributed by atoms with van der Waals surface area (Å²) in [7, 11) is 0. The maximum atomic E-state index is 5.84. The normalized spacial score (nSPS) is 15.0. The predicted molar refractivity (Wildman–Crippen MR) is 54.4 cm³/mol. The predicted octanol–water partition coefficient (Wildman–Crippen LogP) is 2.01. The number of hydrogen-bond donors (Lipinski definition) is 1. The van der Waals surface area contributed by atoms with E-state index in [0.29, 0.717) is 12.0 Å². The zero-order valence-electron chi connectivity index (χ0n) is 8.12. The summed E-state index contributed by atoms with van der Waals surface area (Å²) in [6.07, 6.45) is 6.42. The SMILES string of the molecule is CC(C)n1c(N)nc2c1C=CCC2. The fourth-order valence-electron chi connectivity index (χ4n) is 1.83. The average molecular weight is 177 g/mol. The van der Waals surface area contributed by atoms with Gasteiger partial charge in [0.1, 0.15) is 0 Å². The minimum Gasteiger partial charge on any atom is -0.369 e. The number of hydrogen-bond acceptors (Lipinski definition) is 2. The van der Waals surface area contributed by atoms with Gasteiger partial charge in [-0.05, 0) is 32.8 Å². The zero-order chi connectivity index (χ0) is 9.42. The minimum atomic E-state index is 0.388. The molecule has 0 fully saturated rings. The largest absolute Gasteiger partial charge is 0.369 e. The Balaban J connectivity index is 2.56. The van der Waals surface area contributed by atoms with Gasteiger partial charge < -0.3 is 10.3 Å². The standard InChI is InChI=1S/C10H15N3/c1-7(2)13-9-6-4-3-5-8(9)12-10(13)11/h4,6-7H,3,5H2,1-2H3,(H2,11,12). The second-order valence-electron chi connectivity index (χ2n) is 3.71. The number of anilines is 1. The quantitative estimate of drug-likeness (QED) is 0.713. The Morgan fingerprint density at radius 1 is 1.54 bits per heavy atom. The maximum Gasteiger partial charge on any atom is 0.201 e. The topological polar surface area (TPSA) is 43.8 Å². The van der Waals surface area contributed by atoms with Crippen molar-refractivity contribution < 1.29 is 0 Å². The molecule has 0 aliphatic heterocycles. The highest BCUT2D eigenvalue weighted by molar-refractivity contribution is 5.54. The van der Waals surface area contributed by atoms with Gasteiger partial charge in [-0.3, -0.25) is 0 Å². The molecule has 0 amide bonds. The van der Waals surface area contributed by atoms with Crippen LogP contribution < -0.4 is 5.73 Å². The van der Waals surface area contributed by atoms with Gasteiger partial charge in [-0.1, -0.05) is 6.08 Å². The van der Waals surface area contributed by atoms with Gasteiger partial charge in [-0.2, -0.15) is 0 Å². The molecule has 0 atom stereocenters. The molecule has 2 N–H and O–H groups in total. The lowest BCUT2D eigenvalue weighted by molar-refractivity contribution is 0.602. The number of nitrogens with two attached hydrogens (primary N) is 1. The first-order chi connectivity index (χ1) is 6.20. The Morgan fingerprint density at radius 2 is 2.31 bits per heavy atom. The summed E-state index contributed by atoms with van der Waals surface area (Å²) in [6.45, 7) is 4.25. The van der Waals surface area contributed by atoms with Crippen molar-refractivity contribution in [3.63, 3.8) is 0 Å². The number of nitrogen functional groups attached to an aromatic ring is 1. The summed E-state index contributed by atoms with van der Waals surface area (Å²) in [5.41, 5.74) is 8.18. The molecular weight excluding hydrogens is 162 g/mol. The number of allylic oxidation sites excluding steroid dienone is 1. The van der Waals surface area contributed by atoms with E-state index in [2.05, 4.69) is 35.6 Å². The molecule has 13 heavy (non-hydrogen) atoms. The summed E-state index contributed by atoms with van der Waals surface area (Å²) in [6, 6.07) is 0.388. The van der Waals surface area contributed by atoms with Gasteiger partial charge in [0.25, 0.3) is 0 Å². The monoisotopic (exact) mass is 177 g/mol. The van der Waals surface area contributed by atoms with Crippen molar-refractivity contribution in [1.29, 1.82) is 0 Å². The first-order valence-corrected chi connectivity index (χ1v) is 4.73. The molecule has 1 aromatic rings. The van der Waals surface area contributed by atoms with Crippen LogP contribution in [0.1, 0.15) is 37.7 Å². The van der Waals surface area contributed by atoms with Crippen LogP contribution in [-0.2, 0) is 6.42 Å². The highest BCUT2D eigenvalue weighted by atomic mass is 15.2. The van der Waals surface area contributed by atoms with Crippen LogP contribution in [0, 0.1) is 0 Å².